The number of ether oxygens (including phenoxy) is 1. The summed E-state index contributed by atoms with van der Waals surface area (Å²) in [6, 6.07) is 18.3. The molecule has 0 unspecified atom stereocenters. The van der Waals surface area contributed by atoms with Crippen LogP contribution in [0.4, 0.5) is 0 Å². The summed E-state index contributed by atoms with van der Waals surface area (Å²) in [6.45, 7) is 5.63. The second-order valence-corrected chi connectivity index (χ2v) is 7.68. The Kier molecular flexibility index (Phi) is 6.71. The summed E-state index contributed by atoms with van der Waals surface area (Å²) < 4.78 is 5.69. The third kappa shape index (κ3) is 5.13. The Morgan fingerprint density at radius 3 is 2.75 bits per heavy atom. The number of aryl methyl sites for hydroxylation is 1. The van der Waals surface area contributed by atoms with Gasteiger partial charge in [-0.3, -0.25) is 4.79 Å². The number of likely N-dealkylation sites (tertiary alicyclic amines) is 1. The van der Waals surface area contributed by atoms with Crippen molar-refractivity contribution in [3.63, 3.8) is 0 Å². The molecule has 0 saturated carbocycles. The average Bonchev–Trinajstić information content (AvgIpc) is 3.10. The summed E-state index contributed by atoms with van der Waals surface area (Å²) in [6.07, 6.45) is 3.24. The van der Waals surface area contributed by atoms with Crippen molar-refractivity contribution in [2.75, 3.05) is 13.2 Å². The lowest BCUT2D eigenvalue weighted by molar-refractivity contribution is -0.131. The Balaban J connectivity index is 1.41. The number of nitrogens with zero attached hydrogens (tertiary/aromatic N) is 2. The number of benzene rings is 2. The van der Waals surface area contributed by atoms with Gasteiger partial charge in [0.25, 0.3) is 0 Å². The molecular weight excluding hydrogens is 348 g/mol. The Morgan fingerprint density at radius 1 is 1.21 bits per heavy atom. The summed E-state index contributed by atoms with van der Waals surface area (Å²) in [5.41, 5.74) is 3.20. The number of amides is 1. The van der Waals surface area contributed by atoms with Crippen LogP contribution in [0.5, 0.6) is 5.75 Å². The largest absolute Gasteiger partial charge is 0.494 e. The van der Waals surface area contributed by atoms with E-state index in [1.807, 2.05) is 17.0 Å². The van der Waals surface area contributed by atoms with Gasteiger partial charge in [0.05, 0.1) is 18.2 Å². The highest BCUT2D eigenvalue weighted by Gasteiger charge is 2.32. The van der Waals surface area contributed by atoms with Gasteiger partial charge in [-0.05, 0) is 56.9 Å². The SMILES string of the molecule is Cc1ccc([C@H]2C[C@H](C)N(C(=O)CCCCOc3cccc(C#N)c3)C2)cc1. The highest BCUT2D eigenvalue weighted by Crippen LogP contribution is 2.32. The third-order valence-corrected chi connectivity index (χ3v) is 5.46. The molecule has 2 aromatic carbocycles. The van der Waals surface area contributed by atoms with Crippen LogP contribution in [-0.4, -0.2) is 30.0 Å². The molecule has 4 nitrogen and oxygen atoms in total. The molecule has 0 aromatic heterocycles. The molecule has 1 heterocycles. The maximum atomic E-state index is 12.7. The number of carbonyl (C=O) groups excluding carboxylic acids is 1. The van der Waals surface area contributed by atoms with Gasteiger partial charge in [0, 0.05) is 24.9 Å². The average molecular weight is 377 g/mol. The van der Waals surface area contributed by atoms with Gasteiger partial charge in [0.15, 0.2) is 0 Å². The van der Waals surface area contributed by atoms with E-state index in [9.17, 15) is 4.79 Å². The van der Waals surface area contributed by atoms with Crippen LogP contribution in [0.3, 0.4) is 0 Å². The van der Waals surface area contributed by atoms with E-state index in [1.165, 1.54) is 11.1 Å². The van der Waals surface area contributed by atoms with Crippen LogP contribution in [0.2, 0.25) is 0 Å². The van der Waals surface area contributed by atoms with Crippen molar-refractivity contribution in [3.8, 4) is 11.8 Å². The number of carbonyl (C=O) groups is 1. The van der Waals surface area contributed by atoms with Gasteiger partial charge in [0.1, 0.15) is 5.75 Å². The number of nitriles is 1. The maximum absolute atomic E-state index is 12.7. The summed E-state index contributed by atoms with van der Waals surface area (Å²) >= 11 is 0. The molecular formula is C24H28N2O2. The van der Waals surface area contributed by atoms with Crippen LogP contribution >= 0.6 is 0 Å². The molecule has 1 amide bonds. The van der Waals surface area contributed by atoms with E-state index >= 15 is 0 Å². The molecule has 3 rings (SSSR count). The van der Waals surface area contributed by atoms with E-state index in [0.717, 1.165) is 25.8 Å². The highest BCUT2D eigenvalue weighted by atomic mass is 16.5. The Hall–Kier alpha value is -2.80. The maximum Gasteiger partial charge on any atom is 0.222 e. The summed E-state index contributed by atoms with van der Waals surface area (Å²) in [4.78, 5) is 14.7. The molecule has 2 atom stereocenters. The third-order valence-electron chi connectivity index (χ3n) is 5.46. The highest BCUT2D eigenvalue weighted by molar-refractivity contribution is 5.77. The summed E-state index contributed by atoms with van der Waals surface area (Å²) in [5.74, 6) is 1.39. The number of rotatable bonds is 7. The topological polar surface area (TPSA) is 53.3 Å². The standard InChI is InChI=1S/C24H28N2O2/c1-18-9-11-21(12-10-18)22-14-19(2)26(17-22)24(27)8-3-4-13-28-23-7-5-6-20(15-23)16-25/h5-7,9-12,15,19,22H,3-4,8,13-14,17H2,1-2H3/t19-,22-/m0/s1. The fourth-order valence-corrected chi connectivity index (χ4v) is 3.83. The molecule has 1 aliphatic rings. The van der Waals surface area contributed by atoms with Gasteiger partial charge < -0.3 is 9.64 Å². The molecule has 1 aliphatic heterocycles. The molecule has 2 aromatic rings. The van der Waals surface area contributed by atoms with E-state index < -0.39 is 0 Å². The van der Waals surface area contributed by atoms with E-state index in [2.05, 4.69) is 44.2 Å². The van der Waals surface area contributed by atoms with Crippen molar-refractivity contribution in [1.82, 2.24) is 4.90 Å². The molecule has 4 heteroatoms. The first-order chi connectivity index (χ1) is 13.6. The second-order valence-electron chi connectivity index (χ2n) is 7.68. The molecule has 1 saturated heterocycles. The zero-order valence-corrected chi connectivity index (χ0v) is 16.7. The van der Waals surface area contributed by atoms with E-state index in [0.29, 0.717) is 36.3 Å². The second kappa shape index (κ2) is 9.41. The van der Waals surface area contributed by atoms with E-state index in [1.54, 1.807) is 12.1 Å². The quantitative estimate of drug-likeness (QED) is 0.651. The zero-order valence-electron chi connectivity index (χ0n) is 16.7. The van der Waals surface area contributed by atoms with Crippen LogP contribution in [0.15, 0.2) is 48.5 Å². The molecule has 0 bridgehead atoms. The molecule has 28 heavy (non-hydrogen) atoms. The minimum absolute atomic E-state index is 0.244. The van der Waals surface area contributed by atoms with Crippen molar-refractivity contribution < 1.29 is 9.53 Å². The van der Waals surface area contributed by atoms with Gasteiger partial charge in [-0.2, -0.15) is 5.26 Å². The van der Waals surface area contributed by atoms with Gasteiger partial charge in [0.2, 0.25) is 5.91 Å². The molecule has 146 valence electrons. The first kappa shape index (κ1) is 19.9. The lowest BCUT2D eigenvalue weighted by Crippen LogP contribution is -2.33. The number of hydrogen-bond donors (Lipinski definition) is 0. The number of hydrogen-bond acceptors (Lipinski definition) is 3. The van der Waals surface area contributed by atoms with Crippen LogP contribution in [-0.2, 0) is 4.79 Å². The van der Waals surface area contributed by atoms with Gasteiger partial charge in [-0.15, -0.1) is 0 Å². The predicted octanol–water partition coefficient (Wildman–Crippen LogP) is 4.82. The lowest BCUT2D eigenvalue weighted by atomic mass is 9.96. The van der Waals surface area contributed by atoms with Crippen molar-refractivity contribution in [3.05, 3.63) is 65.2 Å². The van der Waals surface area contributed by atoms with Crippen LogP contribution in [0.25, 0.3) is 0 Å². The summed E-state index contributed by atoms with van der Waals surface area (Å²) in [5, 5.41) is 8.91. The molecule has 0 spiro atoms. The molecule has 1 fully saturated rings. The first-order valence-corrected chi connectivity index (χ1v) is 10.1. The van der Waals surface area contributed by atoms with Crippen molar-refractivity contribution in [2.24, 2.45) is 0 Å². The van der Waals surface area contributed by atoms with Gasteiger partial charge in [-0.25, -0.2) is 0 Å². The smallest absolute Gasteiger partial charge is 0.222 e. The molecule has 0 radical (unpaired) electrons. The lowest BCUT2D eigenvalue weighted by Gasteiger charge is -2.21. The van der Waals surface area contributed by atoms with Crippen LogP contribution in [0, 0.1) is 18.3 Å². The minimum atomic E-state index is 0.244. The molecule has 0 N–H and O–H groups in total. The normalized spacial score (nSPS) is 18.7. The summed E-state index contributed by atoms with van der Waals surface area (Å²) in [7, 11) is 0. The predicted molar refractivity (Wildman–Crippen MR) is 110 cm³/mol. The Bertz CT molecular complexity index is 838. The van der Waals surface area contributed by atoms with Crippen molar-refractivity contribution in [1.29, 1.82) is 5.26 Å². The fraction of sp³-hybridized carbons (Fsp3) is 0.417. The fourth-order valence-electron chi connectivity index (χ4n) is 3.83. The zero-order chi connectivity index (χ0) is 19.9. The van der Waals surface area contributed by atoms with Crippen LogP contribution in [0.1, 0.15) is 55.2 Å². The number of unbranched alkanes of at least 4 members (excludes halogenated alkanes) is 1. The molecule has 0 aliphatic carbocycles. The monoisotopic (exact) mass is 376 g/mol. The van der Waals surface area contributed by atoms with Crippen LogP contribution < -0.4 is 4.74 Å². The first-order valence-electron chi connectivity index (χ1n) is 10.1. The Labute approximate surface area is 167 Å². The Morgan fingerprint density at radius 2 is 2.00 bits per heavy atom. The van der Waals surface area contributed by atoms with Crippen molar-refractivity contribution in [2.45, 2.75) is 51.5 Å². The van der Waals surface area contributed by atoms with E-state index in [-0.39, 0.29) is 5.91 Å². The van der Waals surface area contributed by atoms with Gasteiger partial charge in [-0.1, -0.05) is 35.9 Å². The van der Waals surface area contributed by atoms with Gasteiger partial charge >= 0.3 is 0 Å². The van der Waals surface area contributed by atoms with E-state index in [4.69, 9.17) is 10.00 Å². The minimum Gasteiger partial charge on any atom is -0.494 e. The van der Waals surface area contributed by atoms with Crippen molar-refractivity contribution >= 4 is 5.91 Å².